The van der Waals surface area contributed by atoms with Gasteiger partial charge >= 0.3 is 0 Å². The number of carbonyl (C=O) groups is 2. The molecule has 0 aromatic heterocycles. The summed E-state index contributed by atoms with van der Waals surface area (Å²) in [7, 11) is 4.17. The van der Waals surface area contributed by atoms with E-state index in [9.17, 15) is 9.59 Å². The summed E-state index contributed by atoms with van der Waals surface area (Å²) in [5, 5.41) is 0. The van der Waals surface area contributed by atoms with Crippen molar-refractivity contribution in [2.24, 2.45) is 22.7 Å². The van der Waals surface area contributed by atoms with Gasteiger partial charge in [-0.2, -0.15) is 0 Å². The lowest BCUT2D eigenvalue weighted by atomic mass is 9.48. The third-order valence-electron chi connectivity index (χ3n) is 10.1. The van der Waals surface area contributed by atoms with Crippen LogP contribution >= 0.6 is 0 Å². The number of carbonyl (C=O) groups excluding carboxylic acids is 2. The summed E-state index contributed by atoms with van der Waals surface area (Å²) in [5.74, 6) is 2.18. The predicted molar refractivity (Wildman–Crippen MR) is 134 cm³/mol. The molecule has 4 aliphatic carbocycles. The zero-order chi connectivity index (χ0) is 23.5. The molecule has 176 valence electrons. The standard InChI is InChI=1S/C30H39NO2/c1-6-27(33)29(2)16-15-26-24-13-9-20-17-22(32)12-14-23(20)28(24)25(18-30(26,29)3)19-7-10-21(11-8-19)31(4)5/h7-8,10-11,17,24-26H,6,9,12-16,18H2,1-5H3/t24?,25?,26?,29-,30+/m1/s1. The van der Waals surface area contributed by atoms with Gasteiger partial charge in [-0.05, 0) is 90.7 Å². The van der Waals surface area contributed by atoms with Gasteiger partial charge in [0.05, 0.1) is 0 Å². The average molecular weight is 446 g/mol. The number of hydrogen-bond donors (Lipinski definition) is 0. The van der Waals surface area contributed by atoms with E-state index in [-0.39, 0.29) is 10.8 Å². The van der Waals surface area contributed by atoms with E-state index in [1.54, 1.807) is 5.57 Å². The van der Waals surface area contributed by atoms with Crippen LogP contribution in [0.1, 0.15) is 83.6 Å². The Kier molecular flexibility index (Phi) is 5.46. The second kappa shape index (κ2) is 7.96. The maximum atomic E-state index is 13.3. The van der Waals surface area contributed by atoms with Gasteiger partial charge in [0.25, 0.3) is 0 Å². The maximum Gasteiger partial charge on any atom is 0.156 e. The summed E-state index contributed by atoms with van der Waals surface area (Å²) < 4.78 is 0. The van der Waals surface area contributed by atoms with Gasteiger partial charge < -0.3 is 4.90 Å². The van der Waals surface area contributed by atoms with Crippen molar-refractivity contribution in [3.8, 4) is 0 Å². The molecule has 0 saturated heterocycles. The summed E-state index contributed by atoms with van der Waals surface area (Å²) in [4.78, 5) is 27.7. The summed E-state index contributed by atoms with van der Waals surface area (Å²) in [6.45, 7) is 6.75. The molecule has 0 heterocycles. The van der Waals surface area contributed by atoms with Gasteiger partial charge in [0, 0.05) is 44.0 Å². The van der Waals surface area contributed by atoms with Crippen LogP contribution in [-0.2, 0) is 9.59 Å². The quantitative estimate of drug-likeness (QED) is 0.521. The van der Waals surface area contributed by atoms with Crippen molar-refractivity contribution in [3.63, 3.8) is 0 Å². The summed E-state index contributed by atoms with van der Waals surface area (Å²) >= 11 is 0. The topological polar surface area (TPSA) is 37.4 Å². The lowest BCUT2D eigenvalue weighted by molar-refractivity contribution is -0.136. The highest BCUT2D eigenvalue weighted by Crippen LogP contribution is 2.69. The zero-order valence-corrected chi connectivity index (χ0v) is 21.0. The van der Waals surface area contributed by atoms with Crippen LogP contribution in [0.15, 0.2) is 47.1 Å². The molecule has 3 heteroatoms. The van der Waals surface area contributed by atoms with E-state index in [0.717, 1.165) is 38.5 Å². The molecule has 5 atom stereocenters. The van der Waals surface area contributed by atoms with Crippen molar-refractivity contribution in [2.45, 2.75) is 78.1 Å². The number of allylic oxidation sites excluding steroid dienone is 4. The first kappa shape index (κ1) is 22.6. The van der Waals surface area contributed by atoms with Crippen molar-refractivity contribution in [3.05, 3.63) is 52.6 Å². The zero-order valence-electron chi connectivity index (χ0n) is 21.0. The predicted octanol–water partition coefficient (Wildman–Crippen LogP) is 6.64. The van der Waals surface area contributed by atoms with Crippen LogP contribution in [0.25, 0.3) is 0 Å². The molecule has 0 N–H and O–H groups in total. The van der Waals surface area contributed by atoms with Crippen LogP contribution in [0, 0.1) is 22.7 Å². The van der Waals surface area contributed by atoms with Crippen molar-refractivity contribution in [1.29, 1.82) is 0 Å². The molecule has 0 spiro atoms. The number of nitrogens with zero attached hydrogens (tertiary/aromatic N) is 1. The van der Waals surface area contributed by atoms with Crippen molar-refractivity contribution in [1.82, 2.24) is 0 Å². The fraction of sp³-hybridized carbons (Fsp3) is 0.600. The van der Waals surface area contributed by atoms with Gasteiger partial charge in [-0.3, -0.25) is 9.59 Å². The van der Waals surface area contributed by atoms with Gasteiger partial charge in [-0.15, -0.1) is 0 Å². The summed E-state index contributed by atoms with van der Waals surface area (Å²) in [6, 6.07) is 9.10. The van der Waals surface area contributed by atoms with E-state index in [0.29, 0.717) is 42.2 Å². The van der Waals surface area contributed by atoms with Crippen molar-refractivity contribution in [2.75, 3.05) is 19.0 Å². The first-order valence-corrected chi connectivity index (χ1v) is 13.0. The second-order valence-corrected chi connectivity index (χ2v) is 11.6. The van der Waals surface area contributed by atoms with Gasteiger partial charge in [-0.25, -0.2) is 0 Å². The number of rotatable bonds is 4. The number of ketones is 2. The molecule has 4 aliphatic rings. The molecule has 2 saturated carbocycles. The minimum Gasteiger partial charge on any atom is -0.378 e. The first-order chi connectivity index (χ1) is 15.7. The first-order valence-electron chi connectivity index (χ1n) is 13.0. The molecule has 2 fully saturated rings. The lowest BCUT2D eigenvalue weighted by Gasteiger charge is -2.55. The average Bonchev–Trinajstić information content (AvgIpc) is 3.09. The monoisotopic (exact) mass is 445 g/mol. The summed E-state index contributed by atoms with van der Waals surface area (Å²) in [5.41, 5.74) is 6.80. The van der Waals surface area contributed by atoms with Crippen LogP contribution < -0.4 is 4.90 Å². The Bertz CT molecular complexity index is 1050. The van der Waals surface area contributed by atoms with E-state index >= 15 is 0 Å². The lowest BCUT2D eigenvalue weighted by Crippen LogP contribution is -2.49. The fourth-order valence-electron chi connectivity index (χ4n) is 8.06. The molecular weight excluding hydrogens is 406 g/mol. The Labute approximate surface area is 199 Å². The van der Waals surface area contributed by atoms with Gasteiger partial charge in [0.1, 0.15) is 5.78 Å². The smallest absolute Gasteiger partial charge is 0.156 e. The number of benzene rings is 1. The highest BCUT2D eigenvalue weighted by Gasteiger charge is 2.63. The Hall–Kier alpha value is -2.16. The number of hydrogen-bond acceptors (Lipinski definition) is 3. The van der Waals surface area contributed by atoms with E-state index in [1.165, 1.54) is 22.4 Å². The minimum atomic E-state index is -0.233. The maximum absolute atomic E-state index is 13.3. The Morgan fingerprint density at radius 3 is 2.45 bits per heavy atom. The number of fused-ring (bicyclic) bond motifs is 4. The SMILES string of the molecule is CCC(=O)[C@@]1(C)CCC2C3CCC4=CC(=O)CCC4=C3C(c3ccc(N(C)C)cc3)C[C@@]21C. The normalized spacial score (nSPS) is 35.5. The van der Waals surface area contributed by atoms with Crippen molar-refractivity contribution < 1.29 is 9.59 Å². The Morgan fingerprint density at radius 2 is 1.79 bits per heavy atom. The number of Topliss-reactive ketones (excluding diaryl/α,β-unsaturated/α-hetero) is 1. The molecule has 0 amide bonds. The fourth-order valence-corrected chi connectivity index (χ4v) is 8.06. The summed E-state index contributed by atoms with van der Waals surface area (Å²) in [6.07, 6.45) is 9.49. The molecule has 0 aliphatic heterocycles. The highest BCUT2D eigenvalue weighted by atomic mass is 16.1. The van der Waals surface area contributed by atoms with Crippen LogP contribution in [-0.4, -0.2) is 25.7 Å². The molecular formula is C30H39NO2. The second-order valence-electron chi connectivity index (χ2n) is 11.6. The largest absolute Gasteiger partial charge is 0.378 e. The van der Waals surface area contributed by atoms with Gasteiger partial charge in [0.2, 0.25) is 0 Å². The molecule has 0 bridgehead atoms. The minimum absolute atomic E-state index is 0.0193. The van der Waals surface area contributed by atoms with Crippen LogP contribution in [0.5, 0.6) is 0 Å². The van der Waals surface area contributed by atoms with E-state index in [2.05, 4.69) is 57.1 Å². The van der Waals surface area contributed by atoms with Crippen LogP contribution in [0.2, 0.25) is 0 Å². The van der Waals surface area contributed by atoms with E-state index in [4.69, 9.17) is 0 Å². The molecule has 1 aromatic rings. The third kappa shape index (κ3) is 3.29. The molecule has 1 aromatic carbocycles. The molecule has 3 nitrogen and oxygen atoms in total. The molecule has 33 heavy (non-hydrogen) atoms. The number of anilines is 1. The third-order valence-corrected chi connectivity index (χ3v) is 10.1. The van der Waals surface area contributed by atoms with Gasteiger partial charge in [0.15, 0.2) is 5.78 Å². The van der Waals surface area contributed by atoms with E-state index in [1.807, 2.05) is 13.0 Å². The Morgan fingerprint density at radius 1 is 1.06 bits per heavy atom. The van der Waals surface area contributed by atoms with Crippen molar-refractivity contribution >= 4 is 17.3 Å². The molecule has 0 radical (unpaired) electrons. The Balaban J connectivity index is 1.66. The molecule has 3 unspecified atom stereocenters. The van der Waals surface area contributed by atoms with Crippen LogP contribution in [0.4, 0.5) is 5.69 Å². The molecule has 5 rings (SSSR count). The highest BCUT2D eigenvalue weighted by molar-refractivity contribution is 5.93. The van der Waals surface area contributed by atoms with Gasteiger partial charge in [-0.1, -0.05) is 38.5 Å². The van der Waals surface area contributed by atoms with Crippen LogP contribution in [0.3, 0.4) is 0 Å². The van der Waals surface area contributed by atoms with E-state index < -0.39 is 0 Å².